The van der Waals surface area contributed by atoms with E-state index in [9.17, 15) is 48.6 Å². The van der Waals surface area contributed by atoms with Crippen molar-refractivity contribution >= 4 is 60.1 Å². The molecular formula is C34H52N4O22. The zero-order valence-corrected chi connectivity index (χ0v) is 32.8. The maximum atomic E-state index is 11.5. The number of carbonyl (C=O) groups excluding carboxylic acids is 6. The van der Waals surface area contributed by atoms with E-state index in [-0.39, 0.29) is 95.3 Å². The van der Waals surface area contributed by atoms with Crippen molar-refractivity contribution in [1.82, 2.24) is 20.4 Å². The lowest BCUT2D eigenvalue weighted by molar-refractivity contribution is -0.193. The summed E-state index contributed by atoms with van der Waals surface area (Å²) < 4.78 is 9.80. The predicted molar refractivity (Wildman–Crippen MR) is 194 cm³/mol. The number of hydrogen-bond acceptors (Lipinski definition) is 20. The average Bonchev–Trinajstić information content (AvgIpc) is 3.13. The summed E-state index contributed by atoms with van der Waals surface area (Å²) in [5.74, 6) is -8.64. The molecule has 60 heavy (non-hydrogen) atoms. The average molecular weight is 869 g/mol. The summed E-state index contributed by atoms with van der Waals surface area (Å²) in [6.07, 6.45) is -2.27. The highest BCUT2D eigenvalue weighted by atomic mass is 16.5. The number of aliphatic hydroxyl groups excluding tert-OH is 2. The van der Waals surface area contributed by atoms with E-state index in [4.69, 9.17) is 59.3 Å². The third kappa shape index (κ3) is 37.3. The van der Waals surface area contributed by atoms with Gasteiger partial charge in [0, 0.05) is 57.0 Å². The Balaban J connectivity index is -0.000000461. The van der Waals surface area contributed by atoms with Gasteiger partial charge in [0.1, 0.15) is 31.4 Å². The number of esters is 2. The number of aliphatic hydroxyl groups is 2. The van der Waals surface area contributed by atoms with Crippen LogP contribution in [0.4, 0.5) is 0 Å². The zero-order valence-electron chi connectivity index (χ0n) is 32.8. The Morgan fingerprint density at radius 1 is 0.617 bits per heavy atom. The highest BCUT2D eigenvalue weighted by Gasteiger charge is 2.24. The molecule has 340 valence electrons. The van der Waals surface area contributed by atoms with Gasteiger partial charge < -0.3 is 61.0 Å². The molecule has 0 radical (unpaired) electrons. The smallest absolute Gasteiger partial charge is 0.373 e. The molecule has 0 aromatic carbocycles. The SMILES string of the molecule is C=C(C)C(=O)OCC(CO)N(CCNC(CC(=O)O)C(=O)O)CCC(=O)O.C=C(C)C(=O)OCC(O)CN(CCNC(CC(=O)O)C(=O)O)CCC(=O)O.O=C=O.O=C=O. The number of carboxylic acid groups (broad SMARTS) is 6. The summed E-state index contributed by atoms with van der Waals surface area (Å²) >= 11 is 0. The summed E-state index contributed by atoms with van der Waals surface area (Å²) in [4.78, 5) is 123. The molecule has 0 heterocycles. The van der Waals surface area contributed by atoms with Crippen molar-refractivity contribution in [1.29, 1.82) is 0 Å². The van der Waals surface area contributed by atoms with Gasteiger partial charge in [-0.05, 0) is 13.8 Å². The number of aliphatic carboxylic acids is 6. The molecule has 26 heteroatoms. The van der Waals surface area contributed by atoms with E-state index < -0.39 is 91.4 Å². The minimum atomic E-state index is -1.33. The van der Waals surface area contributed by atoms with Gasteiger partial charge >= 0.3 is 60.1 Å². The van der Waals surface area contributed by atoms with Crippen LogP contribution >= 0.6 is 0 Å². The van der Waals surface area contributed by atoms with Crippen LogP contribution in [0.25, 0.3) is 0 Å². The summed E-state index contributed by atoms with van der Waals surface area (Å²) in [7, 11) is 0. The molecule has 0 saturated carbocycles. The van der Waals surface area contributed by atoms with Gasteiger partial charge in [-0.15, -0.1) is 0 Å². The van der Waals surface area contributed by atoms with Crippen molar-refractivity contribution in [3.05, 3.63) is 24.3 Å². The van der Waals surface area contributed by atoms with Crippen LogP contribution in [-0.2, 0) is 67.0 Å². The lowest BCUT2D eigenvalue weighted by Gasteiger charge is -2.30. The molecule has 0 saturated heterocycles. The Labute approximate surface area is 342 Å². The monoisotopic (exact) mass is 868 g/mol. The van der Waals surface area contributed by atoms with Crippen molar-refractivity contribution in [2.45, 2.75) is 63.8 Å². The molecule has 0 aliphatic heterocycles. The first-order valence-electron chi connectivity index (χ1n) is 17.1. The zero-order chi connectivity index (χ0) is 47.4. The Hall–Kier alpha value is -6.24. The van der Waals surface area contributed by atoms with Crippen LogP contribution in [-0.4, -0.2) is 201 Å². The van der Waals surface area contributed by atoms with Gasteiger partial charge in [0.15, 0.2) is 0 Å². The van der Waals surface area contributed by atoms with Crippen LogP contribution in [0.1, 0.15) is 39.5 Å². The van der Waals surface area contributed by atoms with Crippen molar-refractivity contribution in [3.8, 4) is 0 Å². The van der Waals surface area contributed by atoms with Crippen LogP contribution in [0.15, 0.2) is 24.3 Å². The number of hydrogen-bond donors (Lipinski definition) is 10. The van der Waals surface area contributed by atoms with Gasteiger partial charge in [-0.2, -0.15) is 19.2 Å². The quantitative estimate of drug-likeness (QED) is 0.0246. The van der Waals surface area contributed by atoms with E-state index in [2.05, 4.69) is 23.8 Å². The van der Waals surface area contributed by atoms with Gasteiger partial charge in [0.05, 0.1) is 38.3 Å². The first-order chi connectivity index (χ1) is 27.9. The molecule has 10 N–H and O–H groups in total. The molecule has 0 aliphatic carbocycles. The van der Waals surface area contributed by atoms with Gasteiger partial charge in [-0.1, -0.05) is 13.2 Å². The molecule has 0 rings (SSSR count). The number of ether oxygens (including phenoxy) is 2. The summed E-state index contributed by atoms with van der Waals surface area (Å²) in [5.41, 5.74) is 0.343. The van der Waals surface area contributed by atoms with E-state index in [0.717, 1.165) is 0 Å². The Bertz CT molecular complexity index is 1460. The maximum absolute atomic E-state index is 11.5. The minimum Gasteiger partial charge on any atom is -0.481 e. The van der Waals surface area contributed by atoms with Crippen molar-refractivity contribution in [2.75, 3.05) is 65.6 Å². The first-order valence-corrected chi connectivity index (χ1v) is 17.1. The second-order valence-electron chi connectivity index (χ2n) is 11.9. The molecule has 0 fully saturated rings. The molecule has 4 atom stereocenters. The van der Waals surface area contributed by atoms with E-state index in [1.807, 2.05) is 0 Å². The van der Waals surface area contributed by atoms with Crippen molar-refractivity contribution < 1.29 is 108 Å². The lowest BCUT2D eigenvalue weighted by Crippen LogP contribution is -2.48. The van der Waals surface area contributed by atoms with Gasteiger partial charge in [0.2, 0.25) is 0 Å². The maximum Gasteiger partial charge on any atom is 0.373 e. The van der Waals surface area contributed by atoms with E-state index in [0.29, 0.717) is 0 Å². The van der Waals surface area contributed by atoms with Gasteiger partial charge in [-0.25, -0.2) is 9.59 Å². The molecule has 0 spiro atoms. The second kappa shape index (κ2) is 37.1. The Morgan fingerprint density at radius 3 is 1.35 bits per heavy atom. The van der Waals surface area contributed by atoms with Crippen molar-refractivity contribution in [3.63, 3.8) is 0 Å². The summed E-state index contributed by atoms with van der Waals surface area (Å²) in [6, 6.07) is -3.31. The summed E-state index contributed by atoms with van der Waals surface area (Å²) in [6.45, 7) is 9.21. The fraction of sp³-hybridized carbons (Fsp3) is 0.588. The highest BCUT2D eigenvalue weighted by molar-refractivity contribution is 5.87. The fourth-order valence-electron chi connectivity index (χ4n) is 4.10. The van der Waals surface area contributed by atoms with Gasteiger partial charge in [0.25, 0.3) is 0 Å². The molecule has 26 nitrogen and oxygen atoms in total. The fourth-order valence-corrected chi connectivity index (χ4v) is 4.10. The largest absolute Gasteiger partial charge is 0.481 e. The molecule has 0 aliphatic rings. The normalized spacial score (nSPS) is 12.0. The number of nitrogens with zero attached hydrogens (tertiary/aromatic N) is 2. The predicted octanol–water partition coefficient (Wildman–Crippen LogP) is -3.65. The summed E-state index contributed by atoms with van der Waals surface area (Å²) in [5, 5.41) is 77.6. The van der Waals surface area contributed by atoms with Crippen LogP contribution in [0.3, 0.4) is 0 Å². The van der Waals surface area contributed by atoms with Crippen LogP contribution < -0.4 is 10.6 Å². The number of carboxylic acids is 6. The molecule has 0 aromatic rings. The van der Waals surface area contributed by atoms with E-state index in [1.165, 1.54) is 18.7 Å². The van der Waals surface area contributed by atoms with E-state index in [1.54, 1.807) is 4.90 Å². The van der Waals surface area contributed by atoms with Crippen LogP contribution in [0.5, 0.6) is 0 Å². The van der Waals surface area contributed by atoms with Crippen LogP contribution in [0.2, 0.25) is 0 Å². The Kier molecular flexibility index (Phi) is 37.3. The topological polar surface area (TPSA) is 416 Å². The standard InChI is InChI=1S/2C16H26N2O9.2CO2/c1-10(2)16(26)27-9-11(8-19)18(5-3-13(20)21)6-4-17-12(15(24)25)7-14(22)23;1-10(2)16(26)27-9-11(19)8-18(5-3-13(20)21)6-4-17-12(15(24)25)7-14(22)23;2*2-1-3/h2*11-12,17,19H,1,3-9H2,2H3,(H,20,21)(H,22,23)(H,24,25);;. The Morgan fingerprint density at radius 2 is 1.00 bits per heavy atom. The molecule has 4 unspecified atom stereocenters. The van der Waals surface area contributed by atoms with Crippen molar-refractivity contribution in [2.24, 2.45) is 0 Å². The third-order valence-corrected chi connectivity index (χ3v) is 6.92. The molecule has 0 amide bonds. The number of rotatable bonds is 30. The highest BCUT2D eigenvalue weighted by Crippen LogP contribution is 2.05. The van der Waals surface area contributed by atoms with Gasteiger partial charge in [-0.3, -0.25) is 38.6 Å². The number of carbonyl (C=O) groups is 8. The first kappa shape index (κ1) is 60.4. The third-order valence-electron chi connectivity index (χ3n) is 6.92. The van der Waals surface area contributed by atoms with E-state index >= 15 is 0 Å². The van der Waals surface area contributed by atoms with Crippen LogP contribution in [0, 0.1) is 0 Å². The molecular weight excluding hydrogens is 816 g/mol. The second-order valence-corrected chi connectivity index (χ2v) is 11.9. The lowest BCUT2D eigenvalue weighted by atomic mass is 10.2. The molecule has 0 bridgehead atoms. The minimum absolute atomic E-state index is 0.0174. The molecule has 0 aromatic heterocycles. The number of nitrogens with one attached hydrogen (secondary N) is 2.